The first-order valence-corrected chi connectivity index (χ1v) is 8.05. The lowest BCUT2D eigenvalue weighted by Gasteiger charge is -2.21. The fraction of sp³-hybridized carbons (Fsp3) is 0.357. The molecule has 0 saturated carbocycles. The van der Waals surface area contributed by atoms with Crippen LogP contribution in [0.15, 0.2) is 28.2 Å². The van der Waals surface area contributed by atoms with Gasteiger partial charge in [0.2, 0.25) is 5.95 Å². The fourth-order valence-corrected chi connectivity index (χ4v) is 3.46. The number of aromatic amines is 1. The van der Waals surface area contributed by atoms with Crippen molar-refractivity contribution < 1.29 is 9.13 Å². The highest BCUT2D eigenvalue weighted by Gasteiger charge is 2.19. The number of thioether (sulfide) groups is 1. The van der Waals surface area contributed by atoms with Crippen LogP contribution in [0.5, 0.6) is 0 Å². The summed E-state index contributed by atoms with van der Waals surface area (Å²) in [6.07, 6.45) is 3.09. The fourth-order valence-electron chi connectivity index (χ4n) is 2.15. The van der Waals surface area contributed by atoms with Crippen LogP contribution in [0.1, 0.15) is 12.8 Å². The van der Waals surface area contributed by atoms with Crippen molar-refractivity contribution in [2.75, 3.05) is 13.2 Å². The van der Waals surface area contributed by atoms with Crippen LogP contribution in [0.25, 0.3) is 11.4 Å². The first kappa shape index (κ1) is 15.5. The zero-order valence-corrected chi connectivity index (χ0v) is 13.1. The van der Waals surface area contributed by atoms with E-state index in [1.165, 1.54) is 24.0 Å². The molecule has 0 amide bonds. The molecule has 22 heavy (non-hydrogen) atoms. The van der Waals surface area contributed by atoms with E-state index < -0.39 is 11.5 Å². The molecule has 1 fully saturated rings. The molecule has 0 unspecified atom stereocenters. The van der Waals surface area contributed by atoms with Gasteiger partial charge in [-0.3, -0.25) is 4.79 Å². The Bertz CT molecular complexity index is 734. The third-order valence-corrected chi connectivity index (χ3v) is 5.07. The van der Waals surface area contributed by atoms with E-state index in [2.05, 4.69) is 15.0 Å². The number of nitrogens with one attached hydrogen (secondary N) is 1. The quantitative estimate of drug-likeness (QED) is 0.686. The van der Waals surface area contributed by atoms with Gasteiger partial charge in [0.05, 0.1) is 0 Å². The molecule has 8 heteroatoms. The third-order valence-electron chi connectivity index (χ3n) is 3.28. The second kappa shape index (κ2) is 6.76. The summed E-state index contributed by atoms with van der Waals surface area (Å²) in [6.45, 7) is 1.39. The van der Waals surface area contributed by atoms with Gasteiger partial charge in [-0.05, 0) is 18.9 Å². The summed E-state index contributed by atoms with van der Waals surface area (Å²) in [6, 6.07) is 2.80. The average molecular weight is 342 g/mol. The zero-order valence-electron chi connectivity index (χ0n) is 11.5. The summed E-state index contributed by atoms with van der Waals surface area (Å²) < 4.78 is 18.5. The second-order valence-corrected chi connectivity index (χ2v) is 6.50. The summed E-state index contributed by atoms with van der Waals surface area (Å²) in [5, 5.41) is 0.835. The van der Waals surface area contributed by atoms with E-state index >= 15 is 0 Å². The second-order valence-electron chi connectivity index (χ2n) is 4.83. The van der Waals surface area contributed by atoms with Crippen molar-refractivity contribution in [1.29, 1.82) is 0 Å². The van der Waals surface area contributed by atoms with E-state index in [1.807, 2.05) is 0 Å². The van der Waals surface area contributed by atoms with Crippen LogP contribution in [-0.4, -0.2) is 33.4 Å². The van der Waals surface area contributed by atoms with Gasteiger partial charge in [0.15, 0.2) is 0 Å². The van der Waals surface area contributed by atoms with Crippen molar-refractivity contribution in [3.05, 3.63) is 39.7 Å². The maximum Gasteiger partial charge on any atom is 0.271 e. The Labute approximate surface area is 135 Å². The minimum atomic E-state index is -0.631. The van der Waals surface area contributed by atoms with E-state index in [4.69, 9.17) is 16.3 Å². The Morgan fingerprint density at radius 1 is 1.41 bits per heavy atom. The average Bonchev–Trinajstić information content (AvgIpc) is 2.52. The molecule has 0 aliphatic carbocycles. The van der Waals surface area contributed by atoms with Crippen LogP contribution in [-0.2, 0) is 4.74 Å². The number of hydrogen-bond acceptors (Lipinski definition) is 5. The van der Waals surface area contributed by atoms with E-state index in [0.717, 1.165) is 12.8 Å². The molecular formula is C14H13ClFN3O2S. The number of H-pyrrole nitrogens is 1. The Hall–Kier alpha value is -1.44. The third kappa shape index (κ3) is 3.48. The molecular weight excluding hydrogens is 329 g/mol. The van der Waals surface area contributed by atoms with Gasteiger partial charge in [-0.15, -0.1) is 11.8 Å². The first-order chi connectivity index (χ1) is 10.6. The van der Waals surface area contributed by atoms with E-state index in [-0.39, 0.29) is 10.8 Å². The van der Waals surface area contributed by atoms with Crippen LogP contribution in [0.2, 0.25) is 5.02 Å². The molecule has 0 atom stereocenters. The molecule has 1 saturated heterocycles. The van der Waals surface area contributed by atoms with Crippen LogP contribution < -0.4 is 5.56 Å². The largest absolute Gasteiger partial charge is 0.381 e. The van der Waals surface area contributed by atoms with Gasteiger partial charge in [-0.1, -0.05) is 11.6 Å². The molecule has 0 bridgehead atoms. The van der Waals surface area contributed by atoms with E-state index in [0.29, 0.717) is 29.1 Å². The van der Waals surface area contributed by atoms with Crippen LogP contribution in [0.4, 0.5) is 4.39 Å². The number of pyridine rings is 1. The molecule has 116 valence electrons. The van der Waals surface area contributed by atoms with E-state index in [1.54, 1.807) is 6.07 Å². The molecule has 1 N–H and O–H groups in total. The summed E-state index contributed by atoms with van der Waals surface area (Å²) in [4.78, 5) is 22.4. The lowest BCUT2D eigenvalue weighted by atomic mass is 10.2. The molecule has 3 heterocycles. The standard InChI is InChI=1S/C14H13ClFN3O2S/c15-11-13(20)18-12(8-1-4-17-10(16)7-8)19-14(11)22-9-2-5-21-6-3-9/h1,4,7,9H,2-3,5-6H2,(H,18,19,20). The SMILES string of the molecule is O=c1[nH]c(-c2ccnc(F)c2)nc(SC2CCOCC2)c1Cl. The molecule has 1 aliphatic rings. The van der Waals surface area contributed by atoms with Crippen LogP contribution >= 0.6 is 23.4 Å². The van der Waals surface area contributed by atoms with Crippen LogP contribution in [0, 0.1) is 5.95 Å². The van der Waals surface area contributed by atoms with Crippen molar-refractivity contribution >= 4 is 23.4 Å². The van der Waals surface area contributed by atoms with Gasteiger partial charge in [-0.2, -0.15) is 4.39 Å². The topological polar surface area (TPSA) is 67.9 Å². The molecule has 1 aliphatic heterocycles. The Morgan fingerprint density at radius 3 is 2.91 bits per heavy atom. The Kier molecular flexibility index (Phi) is 4.75. The number of halogens is 2. The molecule has 2 aromatic rings. The number of hydrogen-bond donors (Lipinski definition) is 1. The van der Waals surface area contributed by atoms with Crippen molar-refractivity contribution in [3.8, 4) is 11.4 Å². The molecule has 0 spiro atoms. The van der Waals surface area contributed by atoms with Gasteiger partial charge in [-0.25, -0.2) is 9.97 Å². The minimum absolute atomic E-state index is 0.0646. The van der Waals surface area contributed by atoms with Gasteiger partial charge >= 0.3 is 0 Å². The molecule has 0 aromatic carbocycles. The number of nitrogens with zero attached hydrogens (tertiary/aromatic N) is 2. The maximum absolute atomic E-state index is 13.2. The van der Waals surface area contributed by atoms with Gasteiger partial charge in [0.1, 0.15) is 15.9 Å². The van der Waals surface area contributed by atoms with Crippen molar-refractivity contribution in [2.24, 2.45) is 0 Å². The Balaban J connectivity index is 1.94. The monoisotopic (exact) mass is 341 g/mol. The summed E-state index contributed by atoms with van der Waals surface area (Å²) in [5.74, 6) is -0.348. The number of rotatable bonds is 3. The van der Waals surface area contributed by atoms with Crippen molar-refractivity contribution in [1.82, 2.24) is 15.0 Å². The zero-order chi connectivity index (χ0) is 15.5. The highest BCUT2D eigenvalue weighted by Crippen LogP contribution is 2.32. The molecule has 0 radical (unpaired) electrons. The molecule has 5 nitrogen and oxygen atoms in total. The molecule has 2 aromatic heterocycles. The highest BCUT2D eigenvalue weighted by molar-refractivity contribution is 8.00. The smallest absolute Gasteiger partial charge is 0.271 e. The number of ether oxygens (including phenoxy) is 1. The lowest BCUT2D eigenvalue weighted by molar-refractivity contribution is 0.1000. The summed E-state index contributed by atoms with van der Waals surface area (Å²) in [7, 11) is 0. The van der Waals surface area contributed by atoms with Gasteiger partial charge < -0.3 is 9.72 Å². The normalized spacial score (nSPS) is 15.9. The predicted octanol–water partition coefficient (Wildman–Crippen LogP) is 2.90. The lowest BCUT2D eigenvalue weighted by Crippen LogP contribution is -2.19. The number of aromatic nitrogens is 3. The minimum Gasteiger partial charge on any atom is -0.381 e. The predicted molar refractivity (Wildman–Crippen MR) is 82.8 cm³/mol. The molecule has 3 rings (SSSR count). The van der Waals surface area contributed by atoms with Crippen molar-refractivity contribution in [3.63, 3.8) is 0 Å². The highest BCUT2D eigenvalue weighted by atomic mass is 35.5. The van der Waals surface area contributed by atoms with Gasteiger partial charge in [0, 0.05) is 36.3 Å². The first-order valence-electron chi connectivity index (χ1n) is 6.79. The van der Waals surface area contributed by atoms with Crippen LogP contribution in [0.3, 0.4) is 0 Å². The van der Waals surface area contributed by atoms with Gasteiger partial charge in [0.25, 0.3) is 5.56 Å². The Morgan fingerprint density at radius 2 is 2.18 bits per heavy atom. The summed E-state index contributed by atoms with van der Waals surface area (Å²) in [5.41, 5.74) is 0.0218. The summed E-state index contributed by atoms with van der Waals surface area (Å²) >= 11 is 7.52. The maximum atomic E-state index is 13.2. The van der Waals surface area contributed by atoms with E-state index in [9.17, 15) is 9.18 Å². The van der Waals surface area contributed by atoms with Crippen molar-refractivity contribution in [2.45, 2.75) is 23.1 Å².